The Morgan fingerprint density at radius 1 is 1.21 bits per heavy atom. The van der Waals surface area contributed by atoms with Gasteiger partial charge in [0.05, 0.1) is 18.9 Å². The van der Waals surface area contributed by atoms with E-state index in [2.05, 4.69) is 27.0 Å². The highest BCUT2D eigenvalue weighted by Crippen LogP contribution is 2.48. The largest absolute Gasteiger partial charge is 0.507 e. The van der Waals surface area contributed by atoms with Gasteiger partial charge in [-0.15, -0.1) is 0 Å². The molecule has 7 heteroatoms. The number of fused-ring (bicyclic) bond motifs is 3. The Labute approximate surface area is 176 Å². The Kier molecular flexibility index (Phi) is 4.39. The number of ether oxygens (including phenoxy) is 2. The molecule has 146 valence electrons. The Hall–Kier alpha value is -3.06. The van der Waals surface area contributed by atoms with Gasteiger partial charge in [0, 0.05) is 40.0 Å². The fraction of sp³-hybridized carbons (Fsp3) is 0.182. The quantitative estimate of drug-likeness (QED) is 0.619. The summed E-state index contributed by atoms with van der Waals surface area (Å²) in [7, 11) is 1.61. The van der Waals surface area contributed by atoms with Crippen molar-refractivity contribution in [1.82, 2.24) is 9.99 Å². The molecule has 3 aromatic rings. The molecule has 1 aromatic heterocycles. The molecule has 2 aromatic carbocycles. The first-order chi connectivity index (χ1) is 14.1. The number of phenolic OH excluding ortho intramolecular Hbond substituents is 1. The van der Waals surface area contributed by atoms with Crippen molar-refractivity contribution in [1.29, 1.82) is 0 Å². The van der Waals surface area contributed by atoms with Gasteiger partial charge < -0.3 is 14.6 Å². The van der Waals surface area contributed by atoms with Crippen LogP contribution in [0.5, 0.6) is 17.2 Å². The molecule has 0 fully saturated rings. The van der Waals surface area contributed by atoms with Crippen LogP contribution in [0.3, 0.4) is 0 Å². The summed E-state index contributed by atoms with van der Waals surface area (Å²) in [5.74, 6) is 1.68. The van der Waals surface area contributed by atoms with E-state index in [-0.39, 0.29) is 11.8 Å². The van der Waals surface area contributed by atoms with E-state index in [9.17, 15) is 5.11 Å². The fourth-order valence-electron chi connectivity index (χ4n) is 3.84. The highest BCUT2D eigenvalue weighted by atomic mass is 79.9. The Balaban J connectivity index is 1.62. The smallest absolute Gasteiger partial charge is 0.215 e. The number of pyridine rings is 1. The van der Waals surface area contributed by atoms with E-state index in [1.165, 1.54) is 0 Å². The van der Waals surface area contributed by atoms with E-state index >= 15 is 0 Å². The van der Waals surface area contributed by atoms with Gasteiger partial charge >= 0.3 is 0 Å². The zero-order valence-corrected chi connectivity index (χ0v) is 17.2. The average molecular weight is 452 g/mol. The molecule has 2 aliphatic rings. The molecule has 0 radical (unpaired) electrons. The van der Waals surface area contributed by atoms with Crippen LogP contribution in [-0.4, -0.2) is 27.9 Å². The van der Waals surface area contributed by atoms with Crippen molar-refractivity contribution < 1.29 is 14.6 Å². The summed E-state index contributed by atoms with van der Waals surface area (Å²) in [5, 5.41) is 17.3. The topological polar surface area (TPSA) is 67.2 Å². The molecule has 2 atom stereocenters. The van der Waals surface area contributed by atoms with Crippen molar-refractivity contribution in [3.05, 3.63) is 82.1 Å². The minimum atomic E-state index is -0.396. The van der Waals surface area contributed by atoms with Gasteiger partial charge in [-0.3, -0.25) is 4.98 Å². The van der Waals surface area contributed by atoms with Crippen LogP contribution >= 0.6 is 15.9 Å². The zero-order chi connectivity index (χ0) is 20.0. The molecule has 5 rings (SSSR count). The highest BCUT2D eigenvalue weighted by molar-refractivity contribution is 9.10. The monoisotopic (exact) mass is 451 g/mol. The van der Waals surface area contributed by atoms with Gasteiger partial charge in [0.1, 0.15) is 17.2 Å². The first kappa shape index (κ1) is 18.0. The number of rotatable bonds is 3. The minimum absolute atomic E-state index is 0.0120. The second-order valence-corrected chi connectivity index (χ2v) is 7.88. The number of phenols is 1. The molecule has 1 N–H and O–H groups in total. The van der Waals surface area contributed by atoms with Gasteiger partial charge in [-0.25, -0.2) is 5.01 Å². The van der Waals surface area contributed by atoms with Crippen LogP contribution < -0.4 is 9.47 Å². The Morgan fingerprint density at radius 3 is 2.90 bits per heavy atom. The number of nitrogens with zero attached hydrogens (tertiary/aromatic N) is 3. The molecule has 3 heterocycles. The molecule has 2 aliphatic heterocycles. The Bertz CT molecular complexity index is 1100. The normalized spacial score (nSPS) is 19.8. The number of hydrogen-bond donors (Lipinski definition) is 1. The third kappa shape index (κ3) is 3.11. The summed E-state index contributed by atoms with van der Waals surface area (Å²) in [5.41, 5.74) is 3.43. The maximum Gasteiger partial charge on any atom is 0.215 e. The minimum Gasteiger partial charge on any atom is -0.507 e. The van der Waals surface area contributed by atoms with E-state index in [1.807, 2.05) is 35.3 Å². The standard InChI is InChI=1S/C22H18BrN3O3/c1-28-15-5-6-20(27)16(10-15)18-11-19-17-9-14(23)4-7-21(17)29-22(26(19)25-18)13-3-2-8-24-12-13/h2-10,12,19,22,27H,11H2,1H3/t19-,22+/m1/s1. The molecular formula is C22H18BrN3O3. The van der Waals surface area contributed by atoms with E-state index in [1.54, 1.807) is 31.6 Å². The number of aromatic hydroxyl groups is 1. The third-order valence-corrected chi connectivity index (χ3v) is 5.73. The summed E-state index contributed by atoms with van der Waals surface area (Å²) >= 11 is 3.56. The number of aromatic nitrogens is 1. The lowest BCUT2D eigenvalue weighted by Gasteiger charge is -2.38. The SMILES string of the molecule is COc1ccc(O)c(C2=NN3[C@H](C2)c2cc(Br)ccc2O[C@H]3c2cccnc2)c1. The molecule has 0 bridgehead atoms. The van der Waals surface area contributed by atoms with Crippen LogP contribution in [0.15, 0.2) is 70.5 Å². The van der Waals surface area contributed by atoms with Gasteiger partial charge in [0.2, 0.25) is 6.23 Å². The van der Waals surface area contributed by atoms with E-state index < -0.39 is 6.23 Å². The van der Waals surface area contributed by atoms with Crippen LogP contribution in [0.4, 0.5) is 0 Å². The second-order valence-electron chi connectivity index (χ2n) is 6.97. The lowest BCUT2D eigenvalue weighted by molar-refractivity contribution is -0.0192. The van der Waals surface area contributed by atoms with E-state index in [0.29, 0.717) is 17.7 Å². The number of hydrogen-bond acceptors (Lipinski definition) is 6. The number of benzene rings is 2. The molecular weight excluding hydrogens is 434 g/mol. The molecule has 0 saturated carbocycles. The Morgan fingerprint density at radius 2 is 2.10 bits per heavy atom. The van der Waals surface area contributed by atoms with E-state index in [0.717, 1.165) is 27.1 Å². The van der Waals surface area contributed by atoms with Crippen LogP contribution in [0.25, 0.3) is 0 Å². The summed E-state index contributed by atoms with van der Waals surface area (Å²) in [6, 6.07) is 15.0. The lowest BCUT2D eigenvalue weighted by atomic mass is 9.95. The highest BCUT2D eigenvalue weighted by Gasteiger charge is 2.41. The van der Waals surface area contributed by atoms with Crippen LogP contribution in [0.2, 0.25) is 0 Å². The first-order valence-electron chi connectivity index (χ1n) is 9.23. The number of halogens is 1. The predicted octanol–water partition coefficient (Wildman–Crippen LogP) is 4.80. The van der Waals surface area contributed by atoms with Crippen molar-refractivity contribution in [3.63, 3.8) is 0 Å². The zero-order valence-electron chi connectivity index (χ0n) is 15.6. The first-order valence-corrected chi connectivity index (χ1v) is 10.0. The third-order valence-electron chi connectivity index (χ3n) is 5.24. The van der Waals surface area contributed by atoms with Gasteiger partial charge in [-0.05, 0) is 42.5 Å². The summed E-state index contributed by atoms with van der Waals surface area (Å²) in [4.78, 5) is 4.24. The number of hydrazone groups is 1. The van der Waals surface area contributed by atoms with Crippen molar-refractivity contribution in [2.24, 2.45) is 5.10 Å². The van der Waals surface area contributed by atoms with Gasteiger partial charge in [-0.1, -0.05) is 22.0 Å². The molecule has 0 spiro atoms. The molecule has 0 unspecified atom stereocenters. The average Bonchev–Trinajstić information content (AvgIpc) is 3.20. The maximum absolute atomic E-state index is 10.4. The summed E-state index contributed by atoms with van der Waals surface area (Å²) in [6.45, 7) is 0. The molecule has 0 saturated heterocycles. The van der Waals surface area contributed by atoms with Crippen molar-refractivity contribution >= 4 is 21.6 Å². The second kappa shape index (κ2) is 7.08. The maximum atomic E-state index is 10.4. The predicted molar refractivity (Wildman–Crippen MR) is 112 cm³/mol. The summed E-state index contributed by atoms with van der Waals surface area (Å²) < 4.78 is 12.6. The van der Waals surface area contributed by atoms with Crippen LogP contribution in [-0.2, 0) is 0 Å². The van der Waals surface area contributed by atoms with Crippen molar-refractivity contribution in [3.8, 4) is 17.2 Å². The van der Waals surface area contributed by atoms with Crippen LogP contribution in [0.1, 0.15) is 35.4 Å². The molecule has 6 nitrogen and oxygen atoms in total. The van der Waals surface area contributed by atoms with Crippen molar-refractivity contribution in [2.45, 2.75) is 18.7 Å². The molecule has 0 amide bonds. The van der Waals surface area contributed by atoms with Crippen molar-refractivity contribution in [2.75, 3.05) is 7.11 Å². The van der Waals surface area contributed by atoms with Gasteiger partial charge in [0.15, 0.2) is 0 Å². The van der Waals surface area contributed by atoms with Crippen LogP contribution in [0, 0.1) is 0 Å². The lowest BCUT2D eigenvalue weighted by Crippen LogP contribution is -2.33. The molecule has 0 aliphatic carbocycles. The summed E-state index contributed by atoms with van der Waals surface area (Å²) in [6.07, 6.45) is 3.78. The van der Waals surface area contributed by atoms with Gasteiger partial charge in [0.25, 0.3) is 0 Å². The van der Waals surface area contributed by atoms with Gasteiger partial charge in [-0.2, -0.15) is 5.10 Å². The molecule has 29 heavy (non-hydrogen) atoms. The van der Waals surface area contributed by atoms with E-state index in [4.69, 9.17) is 14.6 Å². The number of methoxy groups -OCH3 is 1. The fourth-order valence-corrected chi connectivity index (χ4v) is 4.21.